The Morgan fingerprint density at radius 3 is 2.59 bits per heavy atom. The fourth-order valence-corrected chi connectivity index (χ4v) is 6.86. The van der Waals surface area contributed by atoms with Crippen LogP contribution in [0.2, 0.25) is 0 Å². The Kier molecular flexibility index (Phi) is 5.15. The molecule has 0 spiro atoms. The second-order valence-electron chi connectivity index (χ2n) is 8.21. The fourth-order valence-electron chi connectivity index (χ4n) is 5.28. The monoisotopic (exact) mass is 431 g/mol. The Labute approximate surface area is 167 Å². The molecule has 1 aliphatic carbocycles. The van der Waals surface area contributed by atoms with Crippen molar-refractivity contribution in [2.75, 3.05) is 19.6 Å². The first-order chi connectivity index (χ1) is 13.6. The molecule has 6 nitrogen and oxygen atoms in total. The molecule has 1 aromatic rings. The van der Waals surface area contributed by atoms with Crippen molar-refractivity contribution in [3.05, 3.63) is 29.8 Å². The predicted molar refractivity (Wildman–Crippen MR) is 99.1 cm³/mol. The van der Waals surface area contributed by atoms with Crippen LogP contribution in [-0.2, 0) is 21.0 Å². The topological polar surface area (TPSA) is 83.7 Å². The van der Waals surface area contributed by atoms with E-state index in [4.69, 9.17) is 5.73 Å². The van der Waals surface area contributed by atoms with Gasteiger partial charge in [-0.05, 0) is 62.3 Å². The molecule has 10 heteroatoms. The average Bonchev–Trinajstić information content (AvgIpc) is 3.36. The molecule has 160 valence electrons. The van der Waals surface area contributed by atoms with Gasteiger partial charge in [-0.3, -0.25) is 9.69 Å². The molecular formula is C19H24F3N3O3S. The van der Waals surface area contributed by atoms with Crippen molar-refractivity contribution in [3.63, 3.8) is 0 Å². The third-order valence-electron chi connectivity index (χ3n) is 6.63. The zero-order valence-corrected chi connectivity index (χ0v) is 16.6. The Hall–Kier alpha value is -1.65. The first-order valence-electron chi connectivity index (χ1n) is 9.81. The van der Waals surface area contributed by atoms with Crippen molar-refractivity contribution in [1.29, 1.82) is 0 Å². The third kappa shape index (κ3) is 3.66. The van der Waals surface area contributed by atoms with Crippen molar-refractivity contribution >= 4 is 15.9 Å². The number of likely N-dealkylation sites (tertiary alicyclic amines) is 1. The predicted octanol–water partition coefficient (Wildman–Crippen LogP) is 2.05. The molecule has 2 saturated heterocycles. The van der Waals surface area contributed by atoms with E-state index in [1.165, 1.54) is 10.4 Å². The maximum Gasteiger partial charge on any atom is 0.416 e. The summed E-state index contributed by atoms with van der Waals surface area (Å²) in [5.41, 5.74) is 4.56. The van der Waals surface area contributed by atoms with Gasteiger partial charge >= 0.3 is 6.18 Å². The van der Waals surface area contributed by atoms with Crippen LogP contribution < -0.4 is 5.73 Å². The smallest absolute Gasteiger partial charge is 0.368 e. The van der Waals surface area contributed by atoms with Crippen molar-refractivity contribution < 1.29 is 26.4 Å². The number of benzene rings is 1. The molecular weight excluding hydrogens is 407 g/mol. The molecule has 3 fully saturated rings. The second kappa shape index (κ2) is 7.24. The molecule has 0 bridgehead atoms. The number of sulfonamides is 1. The van der Waals surface area contributed by atoms with Gasteiger partial charge in [0.25, 0.3) is 0 Å². The van der Waals surface area contributed by atoms with Crippen molar-refractivity contribution in [1.82, 2.24) is 9.21 Å². The number of hydrogen-bond acceptors (Lipinski definition) is 4. The lowest BCUT2D eigenvalue weighted by molar-refractivity contribution is -0.137. The number of nitrogens with two attached hydrogens (primary N) is 1. The lowest BCUT2D eigenvalue weighted by Crippen LogP contribution is -2.48. The highest BCUT2D eigenvalue weighted by atomic mass is 32.2. The summed E-state index contributed by atoms with van der Waals surface area (Å²) < 4.78 is 66.3. The SMILES string of the molecule is NC(=O)[C@@H]1CCCN1[C@H]1CC[C@@H]2CN(S(=O)(=O)c3cccc(C(F)(F)F)c3)C[C@@H]21. The zero-order valence-electron chi connectivity index (χ0n) is 15.8. The van der Waals surface area contributed by atoms with Crippen LogP contribution in [0.3, 0.4) is 0 Å². The van der Waals surface area contributed by atoms with E-state index in [1.54, 1.807) is 0 Å². The lowest BCUT2D eigenvalue weighted by Gasteiger charge is -2.33. The summed E-state index contributed by atoms with van der Waals surface area (Å²) in [5.74, 6) is -0.136. The van der Waals surface area contributed by atoms with Gasteiger partial charge in [0, 0.05) is 19.1 Å². The minimum atomic E-state index is -4.60. The first kappa shape index (κ1) is 20.6. The number of fused-ring (bicyclic) bond motifs is 1. The van der Waals surface area contributed by atoms with Gasteiger partial charge in [0.1, 0.15) is 0 Å². The molecule has 0 unspecified atom stereocenters. The van der Waals surface area contributed by atoms with E-state index in [1.807, 2.05) is 0 Å². The molecule has 4 rings (SSSR count). The van der Waals surface area contributed by atoms with Crippen molar-refractivity contribution in [3.8, 4) is 0 Å². The number of alkyl halides is 3. The molecule has 1 amide bonds. The van der Waals surface area contributed by atoms with Gasteiger partial charge in [0.05, 0.1) is 16.5 Å². The van der Waals surface area contributed by atoms with E-state index in [0.29, 0.717) is 12.6 Å². The molecule has 2 aliphatic heterocycles. The Bertz CT molecular complexity index is 905. The quantitative estimate of drug-likeness (QED) is 0.791. The molecule has 1 aromatic carbocycles. The number of hydrogen-bond donors (Lipinski definition) is 1. The summed E-state index contributed by atoms with van der Waals surface area (Å²) in [6, 6.07) is 3.67. The van der Waals surface area contributed by atoms with Crippen LogP contribution >= 0.6 is 0 Å². The highest BCUT2D eigenvalue weighted by Gasteiger charge is 2.50. The first-order valence-corrected chi connectivity index (χ1v) is 11.3. The summed E-state index contributed by atoms with van der Waals surface area (Å²) in [7, 11) is -4.02. The Morgan fingerprint density at radius 1 is 1.14 bits per heavy atom. The minimum Gasteiger partial charge on any atom is -0.368 e. The van der Waals surface area contributed by atoms with Crippen LogP contribution in [0, 0.1) is 11.8 Å². The summed E-state index contributed by atoms with van der Waals surface area (Å²) in [5, 5.41) is 0. The van der Waals surface area contributed by atoms with Gasteiger partial charge in [-0.15, -0.1) is 0 Å². The van der Waals surface area contributed by atoms with Crippen LogP contribution in [0.4, 0.5) is 13.2 Å². The van der Waals surface area contributed by atoms with Crippen LogP contribution in [0.5, 0.6) is 0 Å². The van der Waals surface area contributed by atoms with E-state index >= 15 is 0 Å². The maximum atomic E-state index is 13.0. The molecule has 2 N–H and O–H groups in total. The van der Waals surface area contributed by atoms with Gasteiger partial charge in [-0.25, -0.2) is 8.42 Å². The number of rotatable bonds is 4. The molecule has 4 atom stereocenters. The summed E-state index contributed by atoms with van der Waals surface area (Å²) in [4.78, 5) is 13.5. The lowest BCUT2D eigenvalue weighted by atomic mass is 9.96. The number of carbonyl (C=O) groups is 1. The van der Waals surface area contributed by atoms with Gasteiger partial charge in [-0.1, -0.05) is 6.07 Å². The largest absolute Gasteiger partial charge is 0.416 e. The van der Waals surface area contributed by atoms with Crippen LogP contribution in [0.1, 0.15) is 31.2 Å². The number of carbonyl (C=O) groups excluding carboxylic acids is 1. The zero-order chi connectivity index (χ0) is 21.0. The van der Waals surface area contributed by atoms with Crippen molar-refractivity contribution in [2.45, 2.75) is 48.8 Å². The average molecular weight is 431 g/mol. The van der Waals surface area contributed by atoms with Gasteiger partial charge in [0.15, 0.2) is 0 Å². The van der Waals surface area contributed by atoms with E-state index in [9.17, 15) is 26.4 Å². The summed E-state index contributed by atoms with van der Waals surface area (Å²) in [6.45, 7) is 1.33. The number of amides is 1. The Morgan fingerprint density at radius 2 is 1.90 bits per heavy atom. The van der Waals surface area contributed by atoms with Crippen LogP contribution in [0.25, 0.3) is 0 Å². The number of primary amides is 1. The maximum absolute atomic E-state index is 13.0. The van der Waals surface area contributed by atoms with Gasteiger partial charge in [0.2, 0.25) is 15.9 Å². The third-order valence-corrected chi connectivity index (χ3v) is 8.46. The standard InChI is InChI=1S/C19H24F3N3O3S/c20-19(21,22)13-3-1-4-14(9-13)29(27,28)24-10-12-6-7-16(15(12)11-24)25-8-2-5-17(25)18(23)26/h1,3-4,9,12,15-17H,2,5-8,10-11H2,(H2,23,26)/t12-,15+,16+,17+/m1/s1. The fraction of sp³-hybridized carbons (Fsp3) is 0.632. The molecule has 29 heavy (non-hydrogen) atoms. The highest BCUT2D eigenvalue weighted by molar-refractivity contribution is 7.89. The molecule has 1 saturated carbocycles. The summed E-state index contributed by atoms with van der Waals surface area (Å²) >= 11 is 0. The van der Waals surface area contributed by atoms with Crippen molar-refractivity contribution in [2.24, 2.45) is 17.6 Å². The summed E-state index contributed by atoms with van der Waals surface area (Å²) in [6.07, 6.45) is -1.27. The number of halogens is 3. The van der Waals surface area contributed by atoms with E-state index in [-0.39, 0.29) is 41.3 Å². The van der Waals surface area contributed by atoms with Gasteiger partial charge < -0.3 is 5.73 Å². The Balaban J connectivity index is 1.54. The molecule has 0 aromatic heterocycles. The normalized spacial score (nSPS) is 31.3. The molecule has 0 radical (unpaired) electrons. The highest BCUT2D eigenvalue weighted by Crippen LogP contribution is 2.44. The molecule has 3 aliphatic rings. The van der Waals surface area contributed by atoms with E-state index in [2.05, 4.69) is 4.90 Å². The van der Waals surface area contributed by atoms with E-state index < -0.39 is 21.8 Å². The molecule has 2 heterocycles. The minimum absolute atomic E-state index is 0.0653. The van der Waals surface area contributed by atoms with Gasteiger partial charge in [-0.2, -0.15) is 17.5 Å². The van der Waals surface area contributed by atoms with Crippen LogP contribution in [-0.4, -0.2) is 55.2 Å². The van der Waals surface area contributed by atoms with E-state index in [0.717, 1.165) is 44.4 Å². The second-order valence-corrected chi connectivity index (χ2v) is 10.2. The van der Waals surface area contributed by atoms with Crippen LogP contribution in [0.15, 0.2) is 29.2 Å². The number of nitrogens with zero attached hydrogens (tertiary/aromatic N) is 2.